The summed E-state index contributed by atoms with van der Waals surface area (Å²) in [4.78, 5) is 2.49. The summed E-state index contributed by atoms with van der Waals surface area (Å²) in [5.74, 6) is 0.511. The van der Waals surface area contributed by atoms with E-state index in [1.54, 1.807) is 0 Å². The Labute approximate surface area is 127 Å². The Balaban J connectivity index is 1.53. The summed E-state index contributed by atoms with van der Waals surface area (Å²) in [5.41, 5.74) is 2.56. The molecule has 2 fully saturated rings. The average Bonchev–Trinajstić information content (AvgIpc) is 3.01. The summed E-state index contributed by atoms with van der Waals surface area (Å²) in [6.07, 6.45) is 3.33. The van der Waals surface area contributed by atoms with Crippen LogP contribution in [0.15, 0.2) is 24.3 Å². The molecule has 4 heteroatoms. The van der Waals surface area contributed by atoms with Gasteiger partial charge in [0.05, 0.1) is 12.6 Å². The second kappa shape index (κ2) is 7.25. The lowest BCUT2D eigenvalue weighted by Gasteiger charge is -2.31. The third kappa shape index (κ3) is 4.19. The summed E-state index contributed by atoms with van der Waals surface area (Å²) in [6, 6.07) is 9.19. The molecule has 0 aliphatic carbocycles. The number of nitrogens with one attached hydrogen (secondary N) is 1. The Morgan fingerprint density at radius 2 is 2.10 bits per heavy atom. The lowest BCUT2D eigenvalue weighted by Crippen LogP contribution is -2.34. The van der Waals surface area contributed by atoms with Crippen LogP contribution in [0.4, 0.5) is 5.69 Å². The van der Waals surface area contributed by atoms with Gasteiger partial charge in [-0.05, 0) is 56.0 Å². The molecule has 0 amide bonds. The highest BCUT2D eigenvalue weighted by atomic mass is 16.5. The van der Waals surface area contributed by atoms with E-state index in [-0.39, 0.29) is 0 Å². The number of aliphatic hydroxyl groups is 1. The van der Waals surface area contributed by atoms with E-state index in [1.807, 2.05) is 0 Å². The number of hydrogen-bond donors (Lipinski definition) is 2. The van der Waals surface area contributed by atoms with E-state index in [2.05, 4.69) is 34.5 Å². The SMILES string of the molecule is OCC1CCN(Cc2cccc(NC3CCOC3)c2)CC1. The highest BCUT2D eigenvalue weighted by molar-refractivity contribution is 5.46. The first-order chi connectivity index (χ1) is 10.3. The third-order valence-corrected chi connectivity index (χ3v) is 4.60. The highest BCUT2D eigenvalue weighted by Gasteiger charge is 2.19. The Bertz CT molecular complexity index is 438. The van der Waals surface area contributed by atoms with Gasteiger partial charge >= 0.3 is 0 Å². The Kier molecular flexibility index (Phi) is 5.12. The van der Waals surface area contributed by atoms with Crippen LogP contribution < -0.4 is 5.32 Å². The number of likely N-dealkylation sites (tertiary alicyclic amines) is 1. The number of anilines is 1. The van der Waals surface area contributed by atoms with Gasteiger partial charge in [0.15, 0.2) is 0 Å². The van der Waals surface area contributed by atoms with E-state index in [0.29, 0.717) is 18.6 Å². The number of hydrogen-bond acceptors (Lipinski definition) is 4. The number of aliphatic hydroxyl groups excluding tert-OH is 1. The van der Waals surface area contributed by atoms with Crippen LogP contribution >= 0.6 is 0 Å². The van der Waals surface area contributed by atoms with Gasteiger partial charge in [0.1, 0.15) is 0 Å². The van der Waals surface area contributed by atoms with Crippen molar-refractivity contribution in [2.45, 2.75) is 31.8 Å². The number of nitrogens with zero attached hydrogens (tertiary/aromatic N) is 1. The van der Waals surface area contributed by atoms with Gasteiger partial charge in [-0.1, -0.05) is 12.1 Å². The van der Waals surface area contributed by atoms with Gasteiger partial charge in [0.2, 0.25) is 0 Å². The second-order valence-electron chi connectivity index (χ2n) is 6.31. The van der Waals surface area contributed by atoms with Crippen molar-refractivity contribution in [3.05, 3.63) is 29.8 Å². The minimum atomic E-state index is 0.344. The van der Waals surface area contributed by atoms with E-state index < -0.39 is 0 Å². The van der Waals surface area contributed by atoms with Crippen LogP contribution in [0.3, 0.4) is 0 Å². The fourth-order valence-electron chi connectivity index (χ4n) is 3.23. The third-order valence-electron chi connectivity index (χ3n) is 4.60. The largest absolute Gasteiger partial charge is 0.396 e. The van der Waals surface area contributed by atoms with Crippen molar-refractivity contribution in [2.24, 2.45) is 5.92 Å². The van der Waals surface area contributed by atoms with Crippen molar-refractivity contribution >= 4 is 5.69 Å². The number of benzene rings is 1. The van der Waals surface area contributed by atoms with Crippen molar-refractivity contribution in [1.82, 2.24) is 4.90 Å². The molecule has 1 unspecified atom stereocenters. The van der Waals surface area contributed by atoms with Crippen LogP contribution in [0.2, 0.25) is 0 Å². The topological polar surface area (TPSA) is 44.7 Å². The van der Waals surface area contributed by atoms with Gasteiger partial charge in [-0.15, -0.1) is 0 Å². The molecule has 0 bridgehead atoms. The van der Waals surface area contributed by atoms with Gasteiger partial charge < -0.3 is 15.2 Å². The van der Waals surface area contributed by atoms with Crippen LogP contribution in [0.25, 0.3) is 0 Å². The molecule has 1 aromatic carbocycles. The maximum absolute atomic E-state index is 9.20. The molecule has 2 aliphatic rings. The molecule has 116 valence electrons. The maximum atomic E-state index is 9.20. The molecule has 3 rings (SSSR count). The molecule has 1 aromatic rings. The fourth-order valence-corrected chi connectivity index (χ4v) is 3.23. The predicted octanol–water partition coefficient (Wildman–Crippen LogP) is 2.09. The zero-order valence-corrected chi connectivity index (χ0v) is 12.6. The molecule has 1 atom stereocenters. The molecule has 4 nitrogen and oxygen atoms in total. The fraction of sp³-hybridized carbons (Fsp3) is 0.647. The summed E-state index contributed by atoms with van der Waals surface area (Å²) < 4.78 is 5.41. The van der Waals surface area contributed by atoms with Gasteiger partial charge in [0.25, 0.3) is 0 Å². The molecule has 0 saturated carbocycles. The molecule has 2 saturated heterocycles. The Morgan fingerprint density at radius 1 is 1.24 bits per heavy atom. The summed E-state index contributed by atoms with van der Waals surface area (Å²) >= 11 is 0. The number of ether oxygens (including phenoxy) is 1. The zero-order valence-electron chi connectivity index (χ0n) is 12.6. The van der Waals surface area contributed by atoms with Crippen LogP contribution in [0, 0.1) is 5.92 Å². The predicted molar refractivity (Wildman–Crippen MR) is 84.4 cm³/mol. The molecule has 0 radical (unpaired) electrons. The summed E-state index contributed by atoms with van der Waals surface area (Å²) in [7, 11) is 0. The van der Waals surface area contributed by atoms with Crippen LogP contribution in [-0.4, -0.2) is 49.0 Å². The number of rotatable bonds is 5. The molecule has 21 heavy (non-hydrogen) atoms. The molecule has 2 N–H and O–H groups in total. The van der Waals surface area contributed by atoms with Gasteiger partial charge in [-0.25, -0.2) is 0 Å². The van der Waals surface area contributed by atoms with Crippen molar-refractivity contribution in [2.75, 3.05) is 38.2 Å². The van der Waals surface area contributed by atoms with Crippen LogP contribution in [0.1, 0.15) is 24.8 Å². The lowest BCUT2D eigenvalue weighted by molar-refractivity contribution is 0.127. The average molecular weight is 290 g/mol. The Morgan fingerprint density at radius 3 is 2.81 bits per heavy atom. The monoisotopic (exact) mass is 290 g/mol. The van der Waals surface area contributed by atoms with Gasteiger partial charge in [-0.2, -0.15) is 0 Å². The minimum absolute atomic E-state index is 0.344. The quantitative estimate of drug-likeness (QED) is 0.871. The van der Waals surface area contributed by atoms with E-state index in [0.717, 1.165) is 52.1 Å². The highest BCUT2D eigenvalue weighted by Crippen LogP contribution is 2.20. The first kappa shape index (κ1) is 14.8. The smallest absolute Gasteiger partial charge is 0.0668 e. The summed E-state index contributed by atoms with van der Waals surface area (Å²) in [5, 5.41) is 12.8. The molecule has 0 aromatic heterocycles. The normalized spacial score (nSPS) is 24.3. The van der Waals surface area contributed by atoms with Crippen molar-refractivity contribution in [1.29, 1.82) is 0 Å². The standard InChI is InChI=1S/C17H26N2O2/c20-12-14-4-7-19(8-5-14)11-15-2-1-3-16(10-15)18-17-6-9-21-13-17/h1-3,10,14,17-18,20H,4-9,11-13H2. The van der Waals surface area contributed by atoms with Gasteiger partial charge in [0, 0.05) is 25.4 Å². The van der Waals surface area contributed by atoms with E-state index in [4.69, 9.17) is 4.74 Å². The van der Waals surface area contributed by atoms with Crippen molar-refractivity contribution in [3.8, 4) is 0 Å². The second-order valence-corrected chi connectivity index (χ2v) is 6.31. The lowest BCUT2D eigenvalue weighted by atomic mass is 9.97. The first-order valence-electron chi connectivity index (χ1n) is 8.10. The molecular formula is C17H26N2O2. The molecular weight excluding hydrogens is 264 g/mol. The van der Waals surface area contributed by atoms with Crippen LogP contribution in [-0.2, 0) is 11.3 Å². The molecule has 2 aliphatic heterocycles. The van der Waals surface area contributed by atoms with Crippen molar-refractivity contribution < 1.29 is 9.84 Å². The van der Waals surface area contributed by atoms with Gasteiger partial charge in [-0.3, -0.25) is 4.90 Å². The first-order valence-corrected chi connectivity index (χ1v) is 8.10. The molecule has 2 heterocycles. The number of piperidine rings is 1. The summed E-state index contributed by atoms with van der Waals surface area (Å²) in [6.45, 7) is 5.24. The zero-order chi connectivity index (χ0) is 14.5. The Hall–Kier alpha value is -1.10. The van der Waals surface area contributed by atoms with E-state index in [1.165, 1.54) is 11.3 Å². The molecule has 0 spiro atoms. The maximum Gasteiger partial charge on any atom is 0.0668 e. The van der Waals surface area contributed by atoms with E-state index >= 15 is 0 Å². The minimum Gasteiger partial charge on any atom is -0.396 e. The van der Waals surface area contributed by atoms with E-state index in [9.17, 15) is 5.11 Å². The van der Waals surface area contributed by atoms with Crippen LogP contribution in [0.5, 0.6) is 0 Å². The van der Waals surface area contributed by atoms with Crippen molar-refractivity contribution in [3.63, 3.8) is 0 Å².